The SMILES string of the molecule is CCn1nc(C)c2nc(C(C)Cl)n(-c3ccccc3Br)c21. The molecule has 0 aliphatic heterocycles. The lowest BCUT2D eigenvalue weighted by Crippen LogP contribution is -2.08. The highest BCUT2D eigenvalue weighted by molar-refractivity contribution is 9.10. The third-order valence-corrected chi connectivity index (χ3v) is 4.35. The third-order valence-electron chi connectivity index (χ3n) is 3.49. The van der Waals surface area contributed by atoms with Crippen LogP contribution < -0.4 is 0 Å². The zero-order chi connectivity index (χ0) is 15.1. The van der Waals surface area contributed by atoms with Gasteiger partial charge in [-0.1, -0.05) is 12.1 Å². The predicted molar refractivity (Wildman–Crippen MR) is 89.2 cm³/mol. The average Bonchev–Trinajstić information content (AvgIpc) is 2.98. The molecule has 0 saturated heterocycles. The van der Waals surface area contributed by atoms with E-state index in [4.69, 9.17) is 16.6 Å². The molecule has 3 aromatic rings. The van der Waals surface area contributed by atoms with Gasteiger partial charge in [-0.25, -0.2) is 9.67 Å². The van der Waals surface area contributed by atoms with E-state index < -0.39 is 0 Å². The van der Waals surface area contributed by atoms with Crippen molar-refractivity contribution in [2.75, 3.05) is 0 Å². The molecule has 2 aromatic heterocycles. The number of benzene rings is 1. The van der Waals surface area contributed by atoms with Gasteiger partial charge in [-0.05, 0) is 48.8 Å². The Kier molecular flexibility index (Phi) is 3.80. The van der Waals surface area contributed by atoms with Gasteiger partial charge in [0.25, 0.3) is 0 Å². The molecule has 0 fully saturated rings. The van der Waals surface area contributed by atoms with Crippen LogP contribution in [0, 0.1) is 6.92 Å². The molecule has 0 N–H and O–H groups in total. The van der Waals surface area contributed by atoms with Gasteiger partial charge in [0.2, 0.25) is 0 Å². The molecule has 4 nitrogen and oxygen atoms in total. The number of para-hydroxylation sites is 1. The maximum atomic E-state index is 6.36. The van der Waals surface area contributed by atoms with Crippen LogP contribution in [0.2, 0.25) is 0 Å². The Morgan fingerprint density at radius 2 is 2.05 bits per heavy atom. The summed E-state index contributed by atoms with van der Waals surface area (Å²) in [5.41, 5.74) is 3.85. The van der Waals surface area contributed by atoms with Crippen molar-refractivity contribution in [3.63, 3.8) is 0 Å². The molecule has 6 heteroatoms. The monoisotopic (exact) mass is 366 g/mol. The van der Waals surface area contributed by atoms with Gasteiger partial charge in [0.15, 0.2) is 5.65 Å². The third kappa shape index (κ3) is 2.28. The second kappa shape index (κ2) is 5.46. The van der Waals surface area contributed by atoms with Crippen LogP contribution in [0.1, 0.15) is 30.7 Å². The summed E-state index contributed by atoms with van der Waals surface area (Å²) >= 11 is 9.98. The molecule has 1 atom stereocenters. The van der Waals surface area contributed by atoms with Gasteiger partial charge in [-0.2, -0.15) is 5.10 Å². The van der Waals surface area contributed by atoms with Crippen LogP contribution in [0.25, 0.3) is 16.9 Å². The van der Waals surface area contributed by atoms with Gasteiger partial charge in [0, 0.05) is 11.0 Å². The minimum atomic E-state index is -0.186. The fourth-order valence-corrected chi connectivity index (χ4v) is 3.15. The second-order valence-corrected chi connectivity index (χ2v) is 6.46. The normalized spacial score (nSPS) is 13.0. The van der Waals surface area contributed by atoms with Crippen LogP contribution in [0.5, 0.6) is 0 Å². The summed E-state index contributed by atoms with van der Waals surface area (Å²) in [6.45, 7) is 6.79. The lowest BCUT2D eigenvalue weighted by atomic mass is 10.3. The molecule has 110 valence electrons. The number of hydrogen-bond donors (Lipinski definition) is 0. The first-order valence-corrected chi connectivity index (χ1v) is 8.12. The summed E-state index contributed by atoms with van der Waals surface area (Å²) in [5.74, 6) is 0.835. The van der Waals surface area contributed by atoms with E-state index in [1.165, 1.54) is 0 Å². The van der Waals surface area contributed by atoms with E-state index in [1.807, 2.05) is 36.7 Å². The molecular weight excluding hydrogens is 352 g/mol. The molecule has 0 aliphatic rings. The molecule has 21 heavy (non-hydrogen) atoms. The van der Waals surface area contributed by atoms with Crippen molar-refractivity contribution >= 4 is 38.7 Å². The van der Waals surface area contributed by atoms with Crippen molar-refractivity contribution < 1.29 is 0 Å². The Hall–Kier alpha value is -1.33. The highest BCUT2D eigenvalue weighted by Gasteiger charge is 2.22. The van der Waals surface area contributed by atoms with Crippen LogP contribution in [0.3, 0.4) is 0 Å². The van der Waals surface area contributed by atoms with Crippen molar-refractivity contribution in [2.45, 2.75) is 32.7 Å². The van der Waals surface area contributed by atoms with Crippen molar-refractivity contribution in [1.29, 1.82) is 0 Å². The highest BCUT2D eigenvalue weighted by atomic mass is 79.9. The first kappa shape index (κ1) is 14.6. The van der Waals surface area contributed by atoms with E-state index >= 15 is 0 Å². The van der Waals surface area contributed by atoms with Crippen LogP contribution in [0.15, 0.2) is 28.7 Å². The second-order valence-electron chi connectivity index (χ2n) is 4.95. The van der Waals surface area contributed by atoms with E-state index in [-0.39, 0.29) is 5.38 Å². The number of hydrogen-bond acceptors (Lipinski definition) is 2. The van der Waals surface area contributed by atoms with E-state index in [0.717, 1.165) is 39.4 Å². The fourth-order valence-electron chi connectivity index (χ4n) is 2.54. The number of halogens is 2. The van der Waals surface area contributed by atoms with E-state index in [2.05, 4.69) is 38.6 Å². The summed E-state index contributed by atoms with van der Waals surface area (Å²) in [6, 6.07) is 8.07. The molecule has 0 amide bonds. The number of fused-ring (bicyclic) bond motifs is 1. The van der Waals surface area contributed by atoms with Gasteiger partial charge in [0.05, 0.1) is 16.8 Å². The number of aryl methyl sites for hydroxylation is 2. The molecule has 2 heterocycles. The topological polar surface area (TPSA) is 35.6 Å². The number of alkyl halides is 1. The molecule has 1 unspecified atom stereocenters. The van der Waals surface area contributed by atoms with Gasteiger partial charge in [-0.15, -0.1) is 11.6 Å². The first-order valence-electron chi connectivity index (χ1n) is 6.89. The molecular formula is C15H16BrClN4. The molecule has 0 bridgehead atoms. The Labute approximate surface area is 136 Å². The highest BCUT2D eigenvalue weighted by Crippen LogP contribution is 2.32. The zero-order valence-corrected chi connectivity index (χ0v) is 14.5. The summed E-state index contributed by atoms with van der Waals surface area (Å²) < 4.78 is 5.07. The van der Waals surface area contributed by atoms with Crippen molar-refractivity contribution in [3.8, 4) is 5.69 Å². The predicted octanol–water partition coefficient (Wildman–Crippen LogP) is 4.61. The smallest absolute Gasteiger partial charge is 0.163 e. The van der Waals surface area contributed by atoms with Gasteiger partial charge < -0.3 is 0 Å². The summed E-state index contributed by atoms with van der Waals surface area (Å²) in [6.07, 6.45) is 0. The maximum absolute atomic E-state index is 6.36. The molecule has 0 radical (unpaired) electrons. The van der Waals surface area contributed by atoms with Crippen LogP contribution in [-0.2, 0) is 6.54 Å². The minimum absolute atomic E-state index is 0.186. The summed E-state index contributed by atoms with van der Waals surface area (Å²) in [4.78, 5) is 4.72. The lowest BCUT2D eigenvalue weighted by Gasteiger charge is -2.13. The largest absolute Gasteiger partial charge is 0.279 e. The van der Waals surface area contributed by atoms with Crippen molar-refractivity contribution in [3.05, 3.63) is 40.3 Å². The Bertz CT molecular complexity index is 803. The summed E-state index contributed by atoms with van der Waals surface area (Å²) in [5, 5.41) is 4.37. The Morgan fingerprint density at radius 3 is 2.67 bits per heavy atom. The quantitative estimate of drug-likeness (QED) is 0.634. The zero-order valence-electron chi connectivity index (χ0n) is 12.1. The maximum Gasteiger partial charge on any atom is 0.163 e. The standard InChI is InChI=1S/C15H16BrClN4/c1-4-20-15-13(10(3)19-20)18-14(9(2)17)21(15)12-8-6-5-7-11(12)16/h5-9H,4H2,1-3H3. The molecule has 0 aliphatic carbocycles. The van der Waals surface area contributed by atoms with Gasteiger partial charge in [-0.3, -0.25) is 4.57 Å². The minimum Gasteiger partial charge on any atom is -0.279 e. The summed E-state index contributed by atoms with van der Waals surface area (Å²) in [7, 11) is 0. The number of nitrogens with zero attached hydrogens (tertiary/aromatic N) is 4. The van der Waals surface area contributed by atoms with Gasteiger partial charge >= 0.3 is 0 Å². The number of imidazole rings is 1. The number of rotatable bonds is 3. The first-order chi connectivity index (χ1) is 10.0. The van der Waals surface area contributed by atoms with E-state index in [1.54, 1.807) is 0 Å². The lowest BCUT2D eigenvalue weighted by molar-refractivity contribution is 0.658. The molecule has 3 rings (SSSR count). The van der Waals surface area contributed by atoms with Crippen molar-refractivity contribution in [2.24, 2.45) is 0 Å². The van der Waals surface area contributed by atoms with Crippen LogP contribution >= 0.6 is 27.5 Å². The Morgan fingerprint density at radius 1 is 1.33 bits per heavy atom. The van der Waals surface area contributed by atoms with E-state index in [9.17, 15) is 0 Å². The molecule has 1 aromatic carbocycles. The number of aromatic nitrogens is 4. The van der Waals surface area contributed by atoms with Crippen molar-refractivity contribution in [1.82, 2.24) is 19.3 Å². The van der Waals surface area contributed by atoms with Gasteiger partial charge in [0.1, 0.15) is 11.3 Å². The Balaban J connectivity index is 2.43. The molecule has 0 saturated carbocycles. The molecule has 0 spiro atoms. The average molecular weight is 368 g/mol. The van der Waals surface area contributed by atoms with Crippen LogP contribution in [0.4, 0.5) is 0 Å². The fraction of sp³-hybridized carbons (Fsp3) is 0.333. The van der Waals surface area contributed by atoms with E-state index in [0.29, 0.717) is 0 Å². The van der Waals surface area contributed by atoms with Crippen LogP contribution in [-0.4, -0.2) is 19.3 Å².